The summed E-state index contributed by atoms with van der Waals surface area (Å²) in [6, 6.07) is 0. The molecule has 3 aliphatic rings. The molecule has 0 unspecified atom stereocenters. The van der Waals surface area contributed by atoms with Crippen LogP contribution in [-0.2, 0) is 19.0 Å². The average molecular weight is 272 g/mol. The van der Waals surface area contributed by atoms with Gasteiger partial charge in [-0.1, -0.05) is 6.42 Å². The minimum atomic E-state index is -1.33. The summed E-state index contributed by atoms with van der Waals surface area (Å²) in [5.74, 6) is -1.46. The van der Waals surface area contributed by atoms with E-state index in [1.807, 2.05) is 0 Å². The Morgan fingerprint density at radius 3 is 2.47 bits per heavy atom. The summed E-state index contributed by atoms with van der Waals surface area (Å²) in [7, 11) is 0. The number of hydrogen-bond acceptors (Lipinski definition) is 6. The first-order chi connectivity index (χ1) is 9.02. The van der Waals surface area contributed by atoms with Crippen molar-refractivity contribution in [1.29, 1.82) is 0 Å². The van der Waals surface area contributed by atoms with Gasteiger partial charge in [0.25, 0.3) is 0 Å². The second kappa shape index (κ2) is 4.70. The molecule has 0 bridgehead atoms. The summed E-state index contributed by atoms with van der Waals surface area (Å²) >= 11 is 0. The van der Waals surface area contributed by atoms with Gasteiger partial charge in [-0.05, 0) is 19.8 Å². The van der Waals surface area contributed by atoms with Crippen LogP contribution in [0.5, 0.6) is 0 Å². The van der Waals surface area contributed by atoms with E-state index < -0.39 is 42.3 Å². The SMILES string of the molecule is C[C@H](O)[C@@H]1OC(=O)[C@@H](O)[C@@H]2OC3(CCCCC3)O[C@H]12. The summed E-state index contributed by atoms with van der Waals surface area (Å²) in [6.45, 7) is 1.54. The Labute approximate surface area is 111 Å². The fraction of sp³-hybridized carbons (Fsp3) is 0.923. The van der Waals surface area contributed by atoms with Crippen molar-refractivity contribution in [2.75, 3.05) is 0 Å². The van der Waals surface area contributed by atoms with Gasteiger partial charge in [-0.25, -0.2) is 4.79 Å². The van der Waals surface area contributed by atoms with Gasteiger partial charge in [0, 0.05) is 12.8 Å². The molecule has 6 nitrogen and oxygen atoms in total. The van der Waals surface area contributed by atoms with Gasteiger partial charge in [-0.2, -0.15) is 0 Å². The molecule has 2 saturated heterocycles. The highest BCUT2D eigenvalue weighted by Crippen LogP contribution is 2.44. The standard InChI is InChI=1S/C13H20O6/c1-7(14)9-11-10(8(15)12(16)17-9)18-13(19-11)5-3-2-4-6-13/h7-11,14-15H,2-6H2,1H3/t7-,8-,9-,10-,11+/m0/s1. The number of carbonyl (C=O) groups excluding carboxylic acids is 1. The Balaban J connectivity index is 1.84. The zero-order chi connectivity index (χ0) is 13.6. The zero-order valence-corrected chi connectivity index (χ0v) is 10.9. The number of hydrogen-bond donors (Lipinski definition) is 2. The third-order valence-corrected chi connectivity index (χ3v) is 4.25. The summed E-state index contributed by atoms with van der Waals surface area (Å²) in [5, 5.41) is 19.6. The van der Waals surface area contributed by atoms with Crippen molar-refractivity contribution >= 4 is 5.97 Å². The highest BCUT2D eigenvalue weighted by Gasteiger charge is 2.59. The van der Waals surface area contributed by atoms with E-state index in [0.29, 0.717) is 0 Å². The van der Waals surface area contributed by atoms with E-state index in [1.54, 1.807) is 6.92 Å². The van der Waals surface area contributed by atoms with Gasteiger partial charge in [0.05, 0.1) is 6.10 Å². The highest BCUT2D eigenvalue weighted by atomic mass is 16.8. The Kier molecular flexibility index (Phi) is 3.29. The van der Waals surface area contributed by atoms with Crippen LogP contribution in [0.1, 0.15) is 39.0 Å². The number of ether oxygens (including phenoxy) is 3. The van der Waals surface area contributed by atoms with Crippen LogP contribution in [0, 0.1) is 0 Å². The van der Waals surface area contributed by atoms with Gasteiger partial charge < -0.3 is 24.4 Å². The van der Waals surface area contributed by atoms with Gasteiger partial charge in [0.15, 0.2) is 18.0 Å². The fourth-order valence-corrected chi connectivity index (χ4v) is 3.26. The van der Waals surface area contributed by atoms with Crippen molar-refractivity contribution in [1.82, 2.24) is 0 Å². The molecule has 5 atom stereocenters. The minimum Gasteiger partial charge on any atom is -0.455 e. The van der Waals surface area contributed by atoms with E-state index in [1.165, 1.54) is 0 Å². The first-order valence-corrected chi connectivity index (χ1v) is 6.95. The molecule has 3 rings (SSSR count). The topological polar surface area (TPSA) is 85.2 Å². The van der Waals surface area contributed by atoms with E-state index in [9.17, 15) is 15.0 Å². The van der Waals surface area contributed by atoms with Crippen LogP contribution in [0.25, 0.3) is 0 Å². The molecule has 1 saturated carbocycles. The molecule has 19 heavy (non-hydrogen) atoms. The van der Waals surface area contributed by atoms with Gasteiger partial charge in [0.1, 0.15) is 12.2 Å². The summed E-state index contributed by atoms with van der Waals surface area (Å²) in [5.41, 5.74) is 0. The molecule has 0 aromatic carbocycles. The monoisotopic (exact) mass is 272 g/mol. The predicted molar refractivity (Wildman–Crippen MR) is 63.1 cm³/mol. The maximum absolute atomic E-state index is 11.6. The zero-order valence-electron chi connectivity index (χ0n) is 10.9. The number of fused-ring (bicyclic) bond motifs is 1. The highest BCUT2D eigenvalue weighted by molar-refractivity contribution is 5.76. The molecule has 1 aliphatic carbocycles. The summed E-state index contributed by atoms with van der Waals surface area (Å²) < 4.78 is 16.9. The lowest BCUT2D eigenvalue weighted by Gasteiger charge is -2.35. The lowest BCUT2D eigenvalue weighted by molar-refractivity contribution is -0.203. The molecule has 6 heteroatoms. The maximum atomic E-state index is 11.6. The van der Waals surface area contributed by atoms with E-state index in [0.717, 1.165) is 32.1 Å². The summed E-state index contributed by atoms with van der Waals surface area (Å²) in [4.78, 5) is 11.6. The van der Waals surface area contributed by atoms with Crippen molar-refractivity contribution in [3.8, 4) is 0 Å². The molecule has 0 radical (unpaired) electrons. The van der Waals surface area contributed by atoms with Gasteiger partial charge in [-0.3, -0.25) is 0 Å². The van der Waals surface area contributed by atoms with Crippen LogP contribution in [0.3, 0.4) is 0 Å². The second-order valence-corrected chi connectivity index (χ2v) is 5.72. The number of rotatable bonds is 1. The van der Waals surface area contributed by atoms with Gasteiger partial charge in [-0.15, -0.1) is 0 Å². The number of cyclic esters (lactones) is 1. The molecule has 2 N–H and O–H groups in total. The van der Waals surface area contributed by atoms with Crippen molar-refractivity contribution < 1.29 is 29.2 Å². The molecule has 0 aromatic rings. The average Bonchev–Trinajstić information content (AvgIpc) is 2.74. The van der Waals surface area contributed by atoms with E-state index in [2.05, 4.69) is 0 Å². The first-order valence-electron chi connectivity index (χ1n) is 6.95. The van der Waals surface area contributed by atoms with Crippen LogP contribution in [0.15, 0.2) is 0 Å². The minimum absolute atomic E-state index is 0.592. The number of esters is 1. The van der Waals surface area contributed by atoms with Crippen molar-refractivity contribution in [3.63, 3.8) is 0 Å². The number of aliphatic hydroxyl groups is 2. The van der Waals surface area contributed by atoms with Crippen LogP contribution in [0.4, 0.5) is 0 Å². The van der Waals surface area contributed by atoms with Crippen LogP contribution in [-0.4, -0.2) is 52.5 Å². The number of aliphatic hydroxyl groups excluding tert-OH is 2. The predicted octanol–water partition coefficient (Wildman–Crippen LogP) is 0.0979. The Morgan fingerprint density at radius 1 is 1.21 bits per heavy atom. The van der Waals surface area contributed by atoms with Crippen molar-refractivity contribution in [2.24, 2.45) is 0 Å². The van der Waals surface area contributed by atoms with Crippen LogP contribution < -0.4 is 0 Å². The molecular formula is C13H20O6. The first kappa shape index (κ1) is 13.3. The Bertz CT molecular complexity index is 362. The normalized spacial score (nSPS) is 42.8. The van der Waals surface area contributed by atoms with E-state index in [-0.39, 0.29) is 0 Å². The summed E-state index contributed by atoms with van der Waals surface area (Å²) in [6.07, 6.45) is 0.370. The lowest BCUT2D eigenvalue weighted by atomic mass is 9.94. The fourth-order valence-electron chi connectivity index (χ4n) is 3.26. The molecule has 0 amide bonds. The van der Waals surface area contributed by atoms with Crippen molar-refractivity contribution in [2.45, 2.75) is 75.3 Å². The Morgan fingerprint density at radius 2 is 1.84 bits per heavy atom. The van der Waals surface area contributed by atoms with Gasteiger partial charge in [0.2, 0.25) is 0 Å². The molecular weight excluding hydrogens is 252 g/mol. The van der Waals surface area contributed by atoms with Crippen LogP contribution in [0.2, 0.25) is 0 Å². The smallest absolute Gasteiger partial charge is 0.338 e. The maximum Gasteiger partial charge on any atom is 0.338 e. The molecule has 3 fully saturated rings. The molecule has 1 spiro atoms. The van der Waals surface area contributed by atoms with Crippen LogP contribution >= 0.6 is 0 Å². The number of carbonyl (C=O) groups is 1. The third-order valence-electron chi connectivity index (χ3n) is 4.25. The Hall–Kier alpha value is -0.690. The molecule has 2 aliphatic heterocycles. The van der Waals surface area contributed by atoms with E-state index >= 15 is 0 Å². The van der Waals surface area contributed by atoms with E-state index in [4.69, 9.17) is 14.2 Å². The quantitative estimate of drug-likeness (QED) is 0.658. The largest absolute Gasteiger partial charge is 0.455 e. The molecule has 108 valence electrons. The molecule has 0 aromatic heterocycles. The van der Waals surface area contributed by atoms with Gasteiger partial charge >= 0.3 is 5.97 Å². The second-order valence-electron chi connectivity index (χ2n) is 5.72. The van der Waals surface area contributed by atoms with Crippen molar-refractivity contribution in [3.05, 3.63) is 0 Å². The molecule has 2 heterocycles. The third kappa shape index (κ3) is 2.16. The lowest BCUT2D eigenvalue weighted by Crippen LogP contribution is -2.57.